The summed E-state index contributed by atoms with van der Waals surface area (Å²) in [5, 5.41) is 3.99. The molecule has 1 atom stereocenters. The number of ether oxygens (including phenoxy) is 1. The Balaban J connectivity index is 1.19. The molecule has 0 spiro atoms. The fraction of sp³-hybridized carbons (Fsp3) is 0.667. The lowest BCUT2D eigenvalue weighted by molar-refractivity contribution is 0.00678. The molecule has 0 saturated carbocycles. The second kappa shape index (κ2) is 8.80. The van der Waals surface area contributed by atoms with Crippen LogP contribution in [0.5, 0.6) is 0 Å². The summed E-state index contributed by atoms with van der Waals surface area (Å²) < 4.78 is 6.05. The maximum atomic E-state index is 12.7. The first-order valence-corrected chi connectivity index (χ1v) is 10.7. The number of amides is 2. The van der Waals surface area contributed by atoms with Crippen LogP contribution in [0.4, 0.5) is 4.79 Å². The molecular formula is C21H30ClN3O2. The van der Waals surface area contributed by atoms with E-state index in [9.17, 15) is 4.79 Å². The Bertz CT molecular complexity index is 655. The summed E-state index contributed by atoms with van der Waals surface area (Å²) in [7, 11) is 0. The highest BCUT2D eigenvalue weighted by Crippen LogP contribution is 2.33. The topological polar surface area (TPSA) is 44.8 Å². The van der Waals surface area contributed by atoms with E-state index in [1.54, 1.807) is 0 Å². The van der Waals surface area contributed by atoms with Gasteiger partial charge in [0.15, 0.2) is 0 Å². The Kier molecular flexibility index (Phi) is 6.21. The lowest BCUT2D eigenvalue weighted by Gasteiger charge is -2.33. The Morgan fingerprint density at radius 3 is 2.70 bits per heavy atom. The van der Waals surface area contributed by atoms with Crippen LogP contribution in [0.15, 0.2) is 18.2 Å². The molecule has 0 radical (unpaired) electrons. The summed E-state index contributed by atoms with van der Waals surface area (Å²) in [6.45, 7) is 5.86. The van der Waals surface area contributed by atoms with Crippen LogP contribution in [0.1, 0.15) is 49.3 Å². The van der Waals surface area contributed by atoms with E-state index in [1.807, 2.05) is 17.0 Å². The van der Waals surface area contributed by atoms with E-state index in [2.05, 4.69) is 16.3 Å². The summed E-state index contributed by atoms with van der Waals surface area (Å²) in [5.41, 5.74) is 2.48. The first-order valence-electron chi connectivity index (χ1n) is 10.4. The van der Waals surface area contributed by atoms with E-state index in [1.165, 1.54) is 37.1 Å². The van der Waals surface area contributed by atoms with E-state index in [0.717, 1.165) is 56.9 Å². The Hall–Kier alpha value is -1.30. The van der Waals surface area contributed by atoms with E-state index in [-0.39, 0.29) is 12.1 Å². The largest absolute Gasteiger partial charge is 0.377 e. The van der Waals surface area contributed by atoms with Crippen molar-refractivity contribution in [3.8, 4) is 0 Å². The van der Waals surface area contributed by atoms with Crippen LogP contribution in [0.2, 0.25) is 5.02 Å². The van der Waals surface area contributed by atoms with Crippen molar-refractivity contribution in [3.05, 3.63) is 34.3 Å². The van der Waals surface area contributed by atoms with E-state index < -0.39 is 0 Å². The first-order chi connectivity index (χ1) is 13.2. The number of benzene rings is 1. The molecule has 1 aliphatic carbocycles. The van der Waals surface area contributed by atoms with Gasteiger partial charge in [-0.05, 0) is 74.9 Å². The highest BCUT2D eigenvalue weighted by Gasteiger charge is 2.28. The zero-order chi connectivity index (χ0) is 18.6. The minimum Gasteiger partial charge on any atom is -0.377 e. The van der Waals surface area contributed by atoms with Gasteiger partial charge < -0.3 is 19.9 Å². The van der Waals surface area contributed by atoms with Gasteiger partial charge in [-0.3, -0.25) is 0 Å². The predicted octanol–water partition coefficient (Wildman–Crippen LogP) is 3.61. The van der Waals surface area contributed by atoms with Crippen molar-refractivity contribution in [2.45, 2.75) is 50.7 Å². The monoisotopic (exact) mass is 391 g/mol. The predicted molar refractivity (Wildman–Crippen MR) is 107 cm³/mol. The number of urea groups is 1. The van der Waals surface area contributed by atoms with Crippen molar-refractivity contribution < 1.29 is 9.53 Å². The molecule has 1 aromatic rings. The van der Waals surface area contributed by atoms with Gasteiger partial charge >= 0.3 is 6.03 Å². The van der Waals surface area contributed by atoms with Crippen molar-refractivity contribution in [2.75, 3.05) is 39.3 Å². The third-order valence-electron chi connectivity index (χ3n) is 6.17. The van der Waals surface area contributed by atoms with Crippen LogP contribution in [0, 0.1) is 0 Å². The summed E-state index contributed by atoms with van der Waals surface area (Å²) >= 11 is 6.08. The van der Waals surface area contributed by atoms with Gasteiger partial charge in [0.05, 0.1) is 18.8 Å². The highest BCUT2D eigenvalue weighted by molar-refractivity contribution is 6.30. The standard InChI is InChI=1S/C21H30ClN3O2/c22-17-4-5-19-16(15-17)3-6-20(19)23-21(26)25-11-7-18(8-12-25)27-14-13-24-9-1-2-10-24/h4-5,15,18,20H,1-3,6-14H2,(H,23,26). The summed E-state index contributed by atoms with van der Waals surface area (Å²) in [6.07, 6.45) is 6.75. The Morgan fingerprint density at radius 2 is 1.93 bits per heavy atom. The lowest BCUT2D eigenvalue weighted by atomic mass is 10.1. The van der Waals surface area contributed by atoms with Crippen molar-refractivity contribution in [1.29, 1.82) is 0 Å². The third-order valence-corrected chi connectivity index (χ3v) is 6.40. The molecule has 2 amide bonds. The van der Waals surface area contributed by atoms with E-state index >= 15 is 0 Å². The van der Waals surface area contributed by atoms with Gasteiger partial charge in [-0.1, -0.05) is 17.7 Å². The number of carbonyl (C=O) groups is 1. The average Bonchev–Trinajstić information content (AvgIpc) is 3.32. The van der Waals surface area contributed by atoms with Crippen molar-refractivity contribution in [1.82, 2.24) is 15.1 Å². The molecule has 0 aromatic heterocycles. The Morgan fingerprint density at radius 1 is 1.15 bits per heavy atom. The van der Waals surface area contributed by atoms with Crippen molar-refractivity contribution in [2.24, 2.45) is 0 Å². The van der Waals surface area contributed by atoms with Gasteiger partial charge in [0, 0.05) is 24.7 Å². The Labute approximate surface area is 167 Å². The van der Waals surface area contributed by atoms with Crippen LogP contribution >= 0.6 is 11.6 Å². The van der Waals surface area contributed by atoms with E-state index in [0.29, 0.717) is 6.10 Å². The number of fused-ring (bicyclic) bond motifs is 1. The molecule has 2 fully saturated rings. The number of hydrogen-bond acceptors (Lipinski definition) is 3. The summed E-state index contributed by atoms with van der Waals surface area (Å²) in [4.78, 5) is 17.1. The summed E-state index contributed by atoms with van der Waals surface area (Å²) in [6, 6.07) is 6.15. The number of nitrogens with one attached hydrogen (secondary N) is 1. The fourth-order valence-corrected chi connectivity index (χ4v) is 4.75. The number of likely N-dealkylation sites (tertiary alicyclic amines) is 2. The zero-order valence-corrected chi connectivity index (χ0v) is 16.7. The number of hydrogen-bond donors (Lipinski definition) is 1. The third kappa shape index (κ3) is 4.76. The number of rotatable bonds is 5. The van der Waals surface area contributed by atoms with Crippen LogP contribution in [-0.2, 0) is 11.2 Å². The number of nitrogens with zero attached hydrogens (tertiary/aromatic N) is 2. The quantitative estimate of drug-likeness (QED) is 0.833. The van der Waals surface area contributed by atoms with Gasteiger partial charge in [0.1, 0.15) is 0 Å². The van der Waals surface area contributed by atoms with Gasteiger partial charge in [-0.2, -0.15) is 0 Å². The normalized spacial score (nSPS) is 23.6. The molecular weight excluding hydrogens is 362 g/mol. The molecule has 1 unspecified atom stereocenters. The maximum Gasteiger partial charge on any atom is 0.317 e. The molecule has 6 heteroatoms. The van der Waals surface area contributed by atoms with Crippen LogP contribution in [0.3, 0.4) is 0 Å². The lowest BCUT2D eigenvalue weighted by Crippen LogP contribution is -2.46. The molecule has 0 bridgehead atoms. The first kappa shape index (κ1) is 19.0. The average molecular weight is 392 g/mol. The molecule has 1 aromatic carbocycles. The van der Waals surface area contributed by atoms with Gasteiger partial charge in [-0.15, -0.1) is 0 Å². The molecule has 2 aliphatic heterocycles. The molecule has 3 aliphatic rings. The molecule has 2 saturated heterocycles. The van der Waals surface area contributed by atoms with Gasteiger partial charge in [0.2, 0.25) is 0 Å². The molecule has 4 rings (SSSR count). The maximum absolute atomic E-state index is 12.7. The number of carbonyl (C=O) groups excluding carboxylic acids is 1. The van der Waals surface area contributed by atoms with Crippen LogP contribution in [0.25, 0.3) is 0 Å². The summed E-state index contributed by atoms with van der Waals surface area (Å²) in [5.74, 6) is 0. The molecule has 148 valence electrons. The fourth-order valence-electron chi connectivity index (χ4n) is 4.56. The second-order valence-electron chi connectivity index (χ2n) is 7.99. The number of piperidine rings is 1. The SMILES string of the molecule is O=C(NC1CCc2cc(Cl)ccc21)N1CCC(OCCN2CCCC2)CC1. The smallest absolute Gasteiger partial charge is 0.317 e. The molecule has 5 nitrogen and oxygen atoms in total. The minimum atomic E-state index is 0.0540. The second-order valence-corrected chi connectivity index (χ2v) is 8.43. The van der Waals surface area contributed by atoms with Crippen molar-refractivity contribution in [3.63, 3.8) is 0 Å². The molecule has 1 N–H and O–H groups in total. The highest BCUT2D eigenvalue weighted by atomic mass is 35.5. The molecule has 27 heavy (non-hydrogen) atoms. The van der Waals surface area contributed by atoms with E-state index in [4.69, 9.17) is 16.3 Å². The zero-order valence-electron chi connectivity index (χ0n) is 16.0. The minimum absolute atomic E-state index is 0.0540. The van der Waals surface area contributed by atoms with Crippen LogP contribution < -0.4 is 5.32 Å². The van der Waals surface area contributed by atoms with Gasteiger partial charge in [0.25, 0.3) is 0 Å². The number of halogens is 1. The molecule has 2 heterocycles. The van der Waals surface area contributed by atoms with Crippen molar-refractivity contribution >= 4 is 17.6 Å². The number of aryl methyl sites for hydroxylation is 1. The van der Waals surface area contributed by atoms with Crippen LogP contribution in [-0.4, -0.2) is 61.3 Å². The van der Waals surface area contributed by atoms with Gasteiger partial charge in [-0.25, -0.2) is 4.79 Å².